The first-order valence-corrected chi connectivity index (χ1v) is 6.32. The summed E-state index contributed by atoms with van der Waals surface area (Å²) in [5, 5.41) is 8.59. The molecule has 1 aliphatic rings. The Morgan fingerprint density at radius 2 is 2.10 bits per heavy atom. The molecule has 1 heterocycles. The van der Waals surface area contributed by atoms with Gasteiger partial charge >= 0.3 is 5.97 Å². The van der Waals surface area contributed by atoms with Crippen molar-refractivity contribution in [3.63, 3.8) is 0 Å². The minimum atomic E-state index is -1.01. The summed E-state index contributed by atoms with van der Waals surface area (Å²) in [6, 6.07) is 5.32. The molecule has 20 heavy (non-hydrogen) atoms. The Morgan fingerprint density at radius 3 is 2.70 bits per heavy atom. The summed E-state index contributed by atoms with van der Waals surface area (Å²) in [5.41, 5.74) is 7.11. The number of rotatable bonds is 4. The summed E-state index contributed by atoms with van der Waals surface area (Å²) in [6.07, 6.45) is 0. The number of nitrogens with two attached hydrogens (primary N) is 1. The van der Waals surface area contributed by atoms with E-state index in [1.54, 1.807) is 24.0 Å². The standard InChI is InChI=1S/C14H18N2O4/c1-9-3-4-11(15)10(5-9)13(19)16-7-14(2,8-16)20-6-12(17)18/h3-5H,6-8,15H2,1-2H3,(H,17,18). The van der Waals surface area contributed by atoms with Crippen molar-refractivity contribution >= 4 is 17.6 Å². The van der Waals surface area contributed by atoms with E-state index in [-0.39, 0.29) is 12.5 Å². The predicted octanol–water partition coefficient (Wildman–Crippen LogP) is 0.893. The fourth-order valence-electron chi connectivity index (χ4n) is 2.26. The van der Waals surface area contributed by atoms with Crippen LogP contribution in [0.1, 0.15) is 22.8 Å². The summed E-state index contributed by atoms with van der Waals surface area (Å²) in [4.78, 5) is 24.4. The lowest BCUT2D eigenvalue weighted by Gasteiger charge is -2.47. The smallest absolute Gasteiger partial charge is 0.329 e. The van der Waals surface area contributed by atoms with Crippen LogP contribution < -0.4 is 5.73 Å². The summed E-state index contributed by atoms with van der Waals surface area (Å²) >= 11 is 0. The van der Waals surface area contributed by atoms with Crippen molar-refractivity contribution in [2.75, 3.05) is 25.4 Å². The minimum Gasteiger partial charge on any atom is -0.480 e. The van der Waals surface area contributed by atoms with Crippen LogP contribution in [-0.4, -0.2) is 47.2 Å². The van der Waals surface area contributed by atoms with E-state index in [1.807, 2.05) is 13.0 Å². The number of anilines is 1. The number of hydrogen-bond donors (Lipinski definition) is 2. The third-order valence-corrected chi connectivity index (χ3v) is 3.32. The van der Waals surface area contributed by atoms with E-state index in [4.69, 9.17) is 15.6 Å². The van der Waals surface area contributed by atoms with Gasteiger partial charge in [-0.05, 0) is 26.0 Å². The third kappa shape index (κ3) is 2.91. The SMILES string of the molecule is Cc1ccc(N)c(C(=O)N2CC(C)(OCC(=O)O)C2)c1. The average molecular weight is 278 g/mol. The van der Waals surface area contributed by atoms with E-state index < -0.39 is 11.6 Å². The van der Waals surface area contributed by atoms with Crippen molar-refractivity contribution in [3.05, 3.63) is 29.3 Å². The van der Waals surface area contributed by atoms with Gasteiger partial charge in [0.1, 0.15) is 12.2 Å². The van der Waals surface area contributed by atoms with Crippen LogP contribution in [0.2, 0.25) is 0 Å². The Kier molecular flexibility index (Phi) is 3.67. The lowest BCUT2D eigenvalue weighted by Crippen LogP contribution is -2.63. The molecule has 0 aliphatic carbocycles. The highest BCUT2D eigenvalue weighted by Gasteiger charge is 2.43. The molecular formula is C14H18N2O4. The number of ether oxygens (including phenoxy) is 1. The maximum atomic E-state index is 12.3. The molecule has 1 fully saturated rings. The maximum absolute atomic E-state index is 12.3. The zero-order valence-corrected chi connectivity index (χ0v) is 11.5. The first-order chi connectivity index (χ1) is 9.31. The van der Waals surface area contributed by atoms with Crippen molar-refractivity contribution in [2.45, 2.75) is 19.4 Å². The second kappa shape index (κ2) is 5.13. The number of carbonyl (C=O) groups is 2. The molecule has 0 spiro atoms. The zero-order valence-electron chi connectivity index (χ0n) is 11.5. The van der Waals surface area contributed by atoms with Crippen LogP contribution in [0.25, 0.3) is 0 Å². The van der Waals surface area contributed by atoms with Crippen molar-refractivity contribution < 1.29 is 19.4 Å². The van der Waals surface area contributed by atoms with Gasteiger partial charge in [-0.3, -0.25) is 4.79 Å². The highest BCUT2D eigenvalue weighted by molar-refractivity contribution is 5.99. The largest absolute Gasteiger partial charge is 0.480 e. The predicted molar refractivity (Wildman–Crippen MR) is 73.5 cm³/mol. The van der Waals surface area contributed by atoms with E-state index in [0.29, 0.717) is 24.3 Å². The molecule has 6 nitrogen and oxygen atoms in total. The molecule has 1 aliphatic heterocycles. The lowest BCUT2D eigenvalue weighted by molar-refractivity contribution is -0.159. The Balaban J connectivity index is 2.00. The van der Waals surface area contributed by atoms with Gasteiger partial charge in [-0.1, -0.05) is 11.6 Å². The Morgan fingerprint density at radius 1 is 1.45 bits per heavy atom. The number of carbonyl (C=O) groups excluding carboxylic acids is 1. The number of carboxylic acid groups (broad SMARTS) is 1. The topological polar surface area (TPSA) is 92.9 Å². The summed E-state index contributed by atoms with van der Waals surface area (Å²) in [5.74, 6) is -1.17. The van der Waals surface area contributed by atoms with Crippen LogP contribution in [0, 0.1) is 6.92 Å². The molecule has 0 aromatic heterocycles. The number of benzene rings is 1. The minimum absolute atomic E-state index is 0.150. The first kappa shape index (κ1) is 14.3. The molecule has 0 radical (unpaired) electrons. The third-order valence-electron chi connectivity index (χ3n) is 3.32. The van der Waals surface area contributed by atoms with Gasteiger partial charge in [0.15, 0.2) is 0 Å². The summed E-state index contributed by atoms with van der Waals surface area (Å²) in [7, 11) is 0. The molecule has 108 valence electrons. The van der Waals surface area contributed by atoms with Crippen molar-refractivity contribution in [2.24, 2.45) is 0 Å². The zero-order chi connectivity index (χ0) is 14.9. The molecular weight excluding hydrogens is 260 g/mol. The van der Waals surface area contributed by atoms with Gasteiger partial charge in [-0.25, -0.2) is 4.79 Å². The van der Waals surface area contributed by atoms with Crippen LogP contribution in [-0.2, 0) is 9.53 Å². The van der Waals surface area contributed by atoms with Gasteiger partial charge in [0, 0.05) is 5.69 Å². The van der Waals surface area contributed by atoms with Gasteiger partial charge in [0.25, 0.3) is 5.91 Å². The van der Waals surface area contributed by atoms with Gasteiger partial charge in [-0.2, -0.15) is 0 Å². The number of hydrogen-bond acceptors (Lipinski definition) is 4. The van der Waals surface area contributed by atoms with Gasteiger partial charge < -0.3 is 20.5 Å². The number of nitrogens with zero attached hydrogens (tertiary/aromatic N) is 1. The van der Waals surface area contributed by atoms with Crippen LogP contribution in [0.4, 0.5) is 5.69 Å². The van der Waals surface area contributed by atoms with E-state index in [1.165, 1.54) is 0 Å². The van der Waals surface area contributed by atoms with Gasteiger partial charge in [-0.15, -0.1) is 0 Å². The Bertz CT molecular complexity index is 550. The molecule has 2 rings (SSSR count). The first-order valence-electron chi connectivity index (χ1n) is 6.32. The fraction of sp³-hybridized carbons (Fsp3) is 0.429. The van der Waals surface area contributed by atoms with E-state index >= 15 is 0 Å². The van der Waals surface area contributed by atoms with Crippen molar-refractivity contribution in [1.82, 2.24) is 4.90 Å². The van der Waals surface area contributed by atoms with Gasteiger partial charge in [0.05, 0.1) is 18.7 Å². The normalized spacial score (nSPS) is 16.6. The molecule has 0 atom stereocenters. The second-order valence-corrected chi connectivity index (χ2v) is 5.38. The second-order valence-electron chi connectivity index (χ2n) is 5.38. The number of nitrogen functional groups attached to an aromatic ring is 1. The quantitative estimate of drug-likeness (QED) is 0.798. The summed E-state index contributed by atoms with van der Waals surface area (Å²) in [6.45, 7) is 4.07. The van der Waals surface area contributed by atoms with E-state index in [0.717, 1.165) is 5.56 Å². The molecule has 0 saturated carbocycles. The number of likely N-dealkylation sites (tertiary alicyclic amines) is 1. The fourth-order valence-corrected chi connectivity index (χ4v) is 2.26. The van der Waals surface area contributed by atoms with Crippen LogP contribution in [0.5, 0.6) is 0 Å². The molecule has 6 heteroatoms. The monoisotopic (exact) mass is 278 g/mol. The van der Waals surface area contributed by atoms with E-state index in [9.17, 15) is 9.59 Å². The number of aryl methyl sites for hydroxylation is 1. The molecule has 1 aromatic rings. The number of amides is 1. The molecule has 3 N–H and O–H groups in total. The van der Waals surface area contributed by atoms with Crippen molar-refractivity contribution in [1.29, 1.82) is 0 Å². The molecule has 1 saturated heterocycles. The molecule has 1 aromatic carbocycles. The van der Waals surface area contributed by atoms with Crippen LogP contribution in [0.3, 0.4) is 0 Å². The Labute approximate surface area is 117 Å². The number of carboxylic acids is 1. The highest BCUT2D eigenvalue weighted by atomic mass is 16.5. The Hall–Kier alpha value is -2.08. The number of aliphatic carboxylic acids is 1. The average Bonchev–Trinajstić information content (AvgIpc) is 2.35. The molecule has 1 amide bonds. The lowest BCUT2D eigenvalue weighted by atomic mass is 9.94. The van der Waals surface area contributed by atoms with Crippen LogP contribution in [0.15, 0.2) is 18.2 Å². The highest BCUT2D eigenvalue weighted by Crippen LogP contribution is 2.27. The maximum Gasteiger partial charge on any atom is 0.329 e. The molecule has 0 bridgehead atoms. The summed E-state index contributed by atoms with van der Waals surface area (Å²) < 4.78 is 5.27. The van der Waals surface area contributed by atoms with Crippen LogP contribution >= 0.6 is 0 Å². The van der Waals surface area contributed by atoms with Crippen molar-refractivity contribution in [3.8, 4) is 0 Å². The van der Waals surface area contributed by atoms with E-state index in [2.05, 4.69) is 0 Å². The van der Waals surface area contributed by atoms with Gasteiger partial charge in [0.2, 0.25) is 0 Å². The molecule has 0 unspecified atom stereocenters.